The highest BCUT2D eigenvalue weighted by Gasteiger charge is 2.47. The predicted octanol–water partition coefficient (Wildman–Crippen LogP) is 3.81. The minimum Gasteiger partial charge on any atom is -0.494 e. The summed E-state index contributed by atoms with van der Waals surface area (Å²) >= 11 is 0. The summed E-state index contributed by atoms with van der Waals surface area (Å²) in [6.45, 7) is 7.44. The molecule has 0 aliphatic carbocycles. The SMILES string of the molecule is COc1cc(N2CCOCC2)ccc1N1CC(C)(C)c2c(N)nc(COC(=N)N3CCC[C@@H]3C(F)(F)F)nc21. The molecule has 1 aromatic heterocycles. The number of ether oxygens (including phenoxy) is 3. The van der Waals surface area contributed by atoms with Crippen LogP contribution in [-0.4, -0.2) is 79.6 Å². The average molecular weight is 550 g/mol. The topological polar surface area (TPSA) is 113 Å². The van der Waals surface area contributed by atoms with Gasteiger partial charge in [-0.25, -0.2) is 9.97 Å². The van der Waals surface area contributed by atoms with E-state index in [1.807, 2.05) is 23.1 Å². The van der Waals surface area contributed by atoms with Crippen molar-refractivity contribution in [1.82, 2.24) is 14.9 Å². The third kappa shape index (κ3) is 5.23. The second kappa shape index (κ2) is 10.2. The summed E-state index contributed by atoms with van der Waals surface area (Å²) in [6, 6.07) is 3.75. The van der Waals surface area contributed by atoms with Crippen LogP contribution in [0.15, 0.2) is 18.2 Å². The van der Waals surface area contributed by atoms with E-state index in [1.54, 1.807) is 7.11 Å². The maximum atomic E-state index is 13.3. The van der Waals surface area contributed by atoms with E-state index in [9.17, 15) is 13.2 Å². The molecule has 1 atom stereocenters. The largest absolute Gasteiger partial charge is 0.494 e. The van der Waals surface area contributed by atoms with Gasteiger partial charge in [0.15, 0.2) is 12.4 Å². The number of nitrogens with zero attached hydrogens (tertiary/aromatic N) is 5. The Bertz CT molecular complexity index is 1230. The van der Waals surface area contributed by atoms with Gasteiger partial charge in [-0.3, -0.25) is 5.41 Å². The summed E-state index contributed by atoms with van der Waals surface area (Å²) in [6.07, 6.45) is -4.15. The Labute approximate surface area is 225 Å². The molecule has 0 spiro atoms. The maximum Gasteiger partial charge on any atom is 0.408 e. The molecule has 0 bridgehead atoms. The molecule has 13 heteroatoms. The van der Waals surface area contributed by atoms with Gasteiger partial charge in [0.1, 0.15) is 23.4 Å². The molecule has 5 rings (SSSR count). The molecule has 0 amide bonds. The zero-order valence-electron chi connectivity index (χ0n) is 22.3. The average Bonchev–Trinajstić information content (AvgIpc) is 3.50. The summed E-state index contributed by atoms with van der Waals surface area (Å²) in [4.78, 5) is 14.3. The lowest BCUT2D eigenvalue weighted by molar-refractivity contribution is -0.169. The Hall–Kier alpha value is -3.48. The van der Waals surface area contributed by atoms with Crippen LogP contribution in [0.25, 0.3) is 0 Å². The number of likely N-dealkylation sites (tertiary alicyclic amines) is 1. The van der Waals surface area contributed by atoms with Gasteiger partial charge in [0.05, 0.1) is 26.0 Å². The molecule has 3 N–H and O–H groups in total. The number of hydrogen-bond donors (Lipinski definition) is 2. The smallest absolute Gasteiger partial charge is 0.408 e. The van der Waals surface area contributed by atoms with Crippen LogP contribution in [0.5, 0.6) is 5.75 Å². The van der Waals surface area contributed by atoms with Crippen molar-refractivity contribution in [2.75, 3.05) is 62.0 Å². The standard InChI is InChI=1S/C26H34F3N7O3/c1-25(2)15-36(17-7-6-16(13-18(17)37-3)34-9-11-38-12-10-34)23-21(25)22(30)32-20(33-23)14-39-24(31)35-8-4-5-19(35)26(27,28)29/h6-7,13,19,31H,4-5,8-12,14-15H2,1-3H3,(H2,30,32,33)/t19-/m1/s1. The normalized spacial score (nSPS) is 20.8. The number of nitrogen functional groups attached to an aromatic ring is 1. The highest BCUT2D eigenvalue weighted by Crippen LogP contribution is 2.48. The molecular formula is C26H34F3N7O3. The summed E-state index contributed by atoms with van der Waals surface area (Å²) in [5.41, 5.74) is 8.63. The minimum absolute atomic E-state index is 0.0618. The van der Waals surface area contributed by atoms with E-state index >= 15 is 0 Å². The van der Waals surface area contributed by atoms with Gasteiger partial charge >= 0.3 is 6.18 Å². The fraction of sp³-hybridized carbons (Fsp3) is 0.577. The van der Waals surface area contributed by atoms with E-state index in [2.05, 4.69) is 23.7 Å². The van der Waals surface area contributed by atoms with Crippen LogP contribution >= 0.6 is 0 Å². The van der Waals surface area contributed by atoms with Gasteiger partial charge < -0.3 is 34.6 Å². The Balaban J connectivity index is 1.40. The Morgan fingerprint density at radius 2 is 1.95 bits per heavy atom. The van der Waals surface area contributed by atoms with Gasteiger partial charge in [-0.15, -0.1) is 0 Å². The number of aromatic nitrogens is 2. The molecular weight excluding hydrogens is 515 g/mol. The fourth-order valence-electron chi connectivity index (χ4n) is 5.64. The number of methoxy groups -OCH3 is 1. The van der Waals surface area contributed by atoms with E-state index in [1.165, 1.54) is 0 Å². The van der Waals surface area contributed by atoms with E-state index in [4.69, 9.17) is 30.3 Å². The molecule has 212 valence electrons. The first-order chi connectivity index (χ1) is 18.5. The number of halogens is 3. The van der Waals surface area contributed by atoms with Gasteiger partial charge in [-0.05, 0) is 25.0 Å². The van der Waals surface area contributed by atoms with Crippen LogP contribution in [0.4, 0.5) is 36.2 Å². The van der Waals surface area contributed by atoms with Crippen molar-refractivity contribution in [3.05, 3.63) is 29.6 Å². The summed E-state index contributed by atoms with van der Waals surface area (Å²) < 4.78 is 56.7. The zero-order chi connectivity index (χ0) is 27.9. The van der Waals surface area contributed by atoms with Crippen LogP contribution in [-0.2, 0) is 21.5 Å². The van der Waals surface area contributed by atoms with Gasteiger partial charge in [0.2, 0.25) is 0 Å². The van der Waals surface area contributed by atoms with E-state index < -0.39 is 18.2 Å². The molecule has 39 heavy (non-hydrogen) atoms. The first-order valence-corrected chi connectivity index (χ1v) is 13.0. The second-order valence-electron chi connectivity index (χ2n) is 10.6. The number of alkyl halides is 3. The van der Waals surface area contributed by atoms with Crippen molar-refractivity contribution in [3.63, 3.8) is 0 Å². The maximum absolute atomic E-state index is 13.3. The van der Waals surface area contributed by atoms with Crippen molar-refractivity contribution in [1.29, 1.82) is 5.41 Å². The fourth-order valence-corrected chi connectivity index (χ4v) is 5.64. The summed E-state index contributed by atoms with van der Waals surface area (Å²) in [5.74, 6) is 1.72. The van der Waals surface area contributed by atoms with Crippen LogP contribution in [0, 0.1) is 5.41 Å². The minimum atomic E-state index is -4.43. The molecule has 3 aliphatic rings. The Morgan fingerprint density at radius 3 is 2.64 bits per heavy atom. The first kappa shape index (κ1) is 27.1. The number of nitrogens with two attached hydrogens (primary N) is 1. The number of rotatable bonds is 5. The van der Waals surface area contributed by atoms with Crippen molar-refractivity contribution < 1.29 is 27.4 Å². The molecule has 10 nitrogen and oxygen atoms in total. The molecule has 2 saturated heterocycles. The quantitative estimate of drug-likeness (QED) is 0.425. The lowest BCUT2D eigenvalue weighted by Gasteiger charge is -2.30. The number of morpholine rings is 1. The van der Waals surface area contributed by atoms with Gasteiger partial charge in [-0.2, -0.15) is 13.2 Å². The molecule has 4 heterocycles. The third-order valence-electron chi connectivity index (χ3n) is 7.51. The second-order valence-corrected chi connectivity index (χ2v) is 10.6. The number of benzene rings is 1. The number of fused-ring (bicyclic) bond motifs is 1. The van der Waals surface area contributed by atoms with Crippen LogP contribution in [0.3, 0.4) is 0 Å². The van der Waals surface area contributed by atoms with Gasteiger partial charge in [-0.1, -0.05) is 13.8 Å². The summed E-state index contributed by atoms with van der Waals surface area (Å²) in [5, 5.41) is 8.13. The number of anilines is 4. The third-order valence-corrected chi connectivity index (χ3v) is 7.51. The van der Waals surface area contributed by atoms with Crippen molar-refractivity contribution in [2.45, 2.75) is 50.9 Å². The molecule has 0 unspecified atom stereocenters. The first-order valence-electron chi connectivity index (χ1n) is 13.0. The molecule has 3 aliphatic heterocycles. The molecule has 2 aromatic rings. The molecule has 0 radical (unpaired) electrons. The Kier molecular flexibility index (Phi) is 7.12. The number of amidine groups is 1. The van der Waals surface area contributed by atoms with E-state index in [-0.39, 0.29) is 36.6 Å². The van der Waals surface area contributed by atoms with E-state index in [0.29, 0.717) is 37.7 Å². The summed E-state index contributed by atoms with van der Waals surface area (Å²) in [7, 11) is 1.62. The monoisotopic (exact) mass is 549 g/mol. The zero-order valence-corrected chi connectivity index (χ0v) is 22.3. The Morgan fingerprint density at radius 1 is 1.21 bits per heavy atom. The predicted molar refractivity (Wildman–Crippen MR) is 141 cm³/mol. The van der Waals surface area contributed by atoms with Crippen LogP contribution < -0.4 is 20.3 Å². The number of nitrogens with one attached hydrogen (secondary N) is 1. The van der Waals surface area contributed by atoms with Crippen molar-refractivity contribution in [3.8, 4) is 5.75 Å². The number of hydrogen-bond acceptors (Lipinski definition) is 9. The molecule has 1 aromatic carbocycles. The van der Waals surface area contributed by atoms with Gasteiger partial charge in [0, 0.05) is 48.9 Å². The lowest BCUT2D eigenvalue weighted by Crippen LogP contribution is -2.45. The highest BCUT2D eigenvalue weighted by molar-refractivity contribution is 5.78. The van der Waals surface area contributed by atoms with Crippen molar-refractivity contribution in [2.24, 2.45) is 0 Å². The van der Waals surface area contributed by atoms with E-state index in [0.717, 1.165) is 34.9 Å². The van der Waals surface area contributed by atoms with Crippen LogP contribution in [0.2, 0.25) is 0 Å². The van der Waals surface area contributed by atoms with Crippen molar-refractivity contribution >= 4 is 29.0 Å². The van der Waals surface area contributed by atoms with Gasteiger partial charge in [0.25, 0.3) is 6.02 Å². The highest BCUT2D eigenvalue weighted by atomic mass is 19.4. The molecule has 0 saturated carbocycles. The molecule has 2 fully saturated rings. The lowest BCUT2D eigenvalue weighted by atomic mass is 9.88. The van der Waals surface area contributed by atoms with Crippen LogP contribution in [0.1, 0.15) is 38.1 Å².